The standard InChI is InChI=1S/C17H19N3O2/c1-18-16(21)17(22)19-14-8-10-15(11-9-14)20(2)12-13-6-4-3-5-7-13/h3-11H,12H2,1-2H3,(H,18,21)(H,19,22). The average molecular weight is 297 g/mol. The van der Waals surface area contributed by atoms with Crippen molar-refractivity contribution < 1.29 is 9.59 Å². The van der Waals surface area contributed by atoms with Gasteiger partial charge < -0.3 is 15.5 Å². The van der Waals surface area contributed by atoms with E-state index in [2.05, 4.69) is 27.7 Å². The zero-order valence-electron chi connectivity index (χ0n) is 12.7. The van der Waals surface area contributed by atoms with Crippen LogP contribution in [0.2, 0.25) is 0 Å². The summed E-state index contributed by atoms with van der Waals surface area (Å²) in [6.07, 6.45) is 0. The van der Waals surface area contributed by atoms with Gasteiger partial charge in [0, 0.05) is 32.0 Å². The fraction of sp³-hybridized carbons (Fsp3) is 0.176. The molecule has 0 bridgehead atoms. The van der Waals surface area contributed by atoms with Crippen LogP contribution in [-0.4, -0.2) is 25.9 Å². The molecule has 0 aliphatic heterocycles. The van der Waals surface area contributed by atoms with Crippen LogP contribution >= 0.6 is 0 Å². The van der Waals surface area contributed by atoms with Gasteiger partial charge in [-0.05, 0) is 29.8 Å². The minimum atomic E-state index is -0.673. The number of nitrogens with one attached hydrogen (secondary N) is 2. The first-order chi connectivity index (χ1) is 10.6. The number of benzene rings is 2. The second kappa shape index (κ2) is 7.26. The number of likely N-dealkylation sites (N-methyl/N-ethyl adjacent to an activating group) is 1. The fourth-order valence-corrected chi connectivity index (χ4v) is 2.05. The third-order valence-electron chi connectivity index (χ3n) is 3.26. The summed E-state index contributed by atoms with van der Waals surface area (Å²) < 4.78 is 0. The molecular weight excluding hydrogens is 278 g/mol. The predicted molar refractivity (Wildman–Crippen MR) is 87.7 cm³/mol. The van der Waals surface area contributed by atoms with Crippen molar-refractivity contribution in [3.05, 3.63) is 60.2 Å². The van der Waals surface area contributed by atoms with Gasteiger partial charge in [0.2, 0.25) is 0 Å². The molecule has 0 radical (unpaired) electrons. The van der Waals surface area contributed by atoms with Gasteiger partial charge in [0.15, 0.2) is 0 Å². The number of carbonyl (C=O) groups excluding carboxylic acids is 2. The Kier molecular flexibility index (Phi) is 5.14. The highest BCUT2D eigenvalue weighted by molar-refractivity contribution is 6.39. The van der Waals surface area contributed by atoms with Crippen LogP contribution in [0.5, 0.6) is 0 Å². The Balaban J connectivity index is 1.99. The van der Waals surface area contributed by atoms with E-state index in [1.807, 2.05) is 37.4 Å². The number of nitrogens with zero attached hydrogens (tertiary/aromatic N) is 1. The van der Waals surface area contributed by atoms with E-state index in [0.29, 0.717) is 5.69 Å². The van der Waals surface area contributed by atoms with Crippen molar-refractivity contribution >= 4 is 23.2 Å². The summed E-state index contributed by atoms with van der Waals surface area (Å²) in [7, 11) is 3.43. The number of carbonyl (C=O) groups is 2. The topological polar surface area (TPSA) is 61.4 Å². The van der Waals surface area contributed by atoms with Crippen molar-refractivity contribution in [2.24, 2.45) is 0 Å². The molecule has 0 unspecified atom stereocenters. The molecule has 0 aromatic heterocycles. The van der Waals surface area contributed by atoms with Gasteiger partial charge >= 0.3 is 11.8 Å². The van der Waals surface area contributed by atoms with Crippen LogP contribution in [0, 0.1) is 0 Å². The van der Waals surface area contributed by atoms with Crippen LogP contribution in [0.15, 0.2) is 54.6 Å². The number of hydrogen-bond donors (Lipinski definition) is 2. The molecule has 2 aromatic carbocycles. The summed E-state index contributed by atoms with van der Waals surface area (Å²) in [5, 5.41) is 4.82. The van der Waals surface area contributed by atoms with Crippen LogP contribution < -0.4 is 15.5 Å². The van der Waals surface area contributed by atoms with Gasteiger partial charge in [-0.25, -0.2) is 0 Å². The SMILES string of the molecule is CNC(=O)C(=O)Nc1ccc(N(C)Cc2ccccc2)cc1. The lowest BCUT2D eigenvalue weighted by atomic mass is 10.2. The Morgan fingerprint density at radius 1 is 0.955 bits per heavy atom. The summed E-state index contributed by atoms with van der Waals surface area (Å²) in [5.74, 6) is -1.34. The number of hydrogen-bond acceptors (Lipinski definition) is 3. The summed E-state index contributed by atoms with van der Waals surface area (Å²) in [6.45, 7) is 0.796. The fourth-order valence-electron chi connectivity index (χ4n) is 2.05. The van der Waals surface area contributed by atoms with Crippen molar-refractivity contribution in [3.63, 3.8) is 0 Å². The minimum absolute atomic E-state index is 0.588. The highest BCUT2D eigenvalue weighted by Crippen LogP contribution is 2.18. The monoisotopic (exact) mass is 297 g/mol. The molecule has 5 nitrogen and oxygen atoms in total. The molecule has 0 heterocycles. The maximum absolute atomic E-state index is 11.5. The molecule has 2 amide bonds. The van der Waals surface area contributed by atoms with E-state index in [-0.39, 0.29) is 0 Å². The molecule has 0 aliphatic rings. The Hall–Kier alpha value is -2.82. The largest absolute Gasteiger partial charge is 0.370 e. The van der Waals surface area contributed by atoms with Crippen LogP contribution in [0.25, 0.3) is 0 Å². The maximum Gasteiger partial charge on any atom is 0.313 e. The zero-order valence-corrected chi connectivity index (χ0v) is 12.7. The lowest BCUT2D eigenvalue weighted by Crippen LogP contribution is -2.32. The maximum atomic E-state index is 11.5. The molecule has 2 rings (SSSR count). The number of rotatable bonds is 4. The second-order valence-corrected chi connectivity index (χ2v) is 4.92. The third-order valence-corrected chi connectivity index (χ3v) is 3.26. The molecule has 0 saturated carbocycles. The Morgan fingerprint density at radius 2 is 1.59 bits per heavy atom. The minimum Gasteiger partial charge on any atom is -0.370 e. The van der Waals surface area contributed by atoms with Gasteiger partial charge in [-0.3, -0.25) is 9.59 Å². The molecule has 0 saturated heterocycles. The van der Waals surface area contributed by atoms with Crippen molar-refractivity contribution in [1.29, 1.82) is 0 Å². The van der Waals surface area contributed by atoms with Gasteiger partial charge in [0.05, 0.1) is 0 Å². The molecule has 0 atom stereocenters. The van der Waals surface area contributed by atoms with Crippen molar-refractivity contribution in [2.45, 2.75) is 6.54 Å². The molecule has 114 valence electrons. The Bertz CT molecular complexity index is 639. The molecule has 0 spiro atoms. The van der Waals surface area contributed by atoms with Crippen molar-refractivity contribution in [1.82, 2.24) is 5.32 Å². The third kappa shape index (κ3) is 4.09. The average Bonchev–Trinajstić information content (AvgIpc) is 2.55. The number of amides is 2. The summed E-state index contributed by atoms with van der Waals surface area (Å²) in [5.41, 5.74) is 2.84. The smallest absolute Gasteiger partial charge is 0.313 e. The highest BCUT2D eigenvalue weighted by atomic mass is 16.2. The van der Waals surface area contributed by atoms with Crippen LogP contribution in [0.4, 0.5) is 11.4 Å². The molecular formula is C17H19N3O2. The molecule has 22 heavy (non-hydrogen) atoms. The first-order valence-corrected chi connectivity index (χ1v) is 6.98. The van der Waals surface area contributed by atoms with E-state index in [4.69, 9.17) is 0 Å². The van der Waals surface area contributed by atoms with E-state index >= 15 is 0 Å². The van der Waals surface area contributed by atoms with E-state index < -0.39 is 11.8 Å². The second-order valence-electron chi connectivity index (χ2n) is 4.92. The quantitative estimate of drug-likeness (QED) is 0.849. The predicted octanol–water partition coefficient (Wildman–Crippen LogP) is 2.01. The Labute approximate surface area is 129 Å². The normalized spacial score (nSPS) is 9.91. The molecule has 0 aliphatic carbocycles. The lowest BCUT2D eigenvalue weighted by molar-refractivity contribution is -0.135. The zero-order chi connectivity index (χ0) is 15.9. The highest BCUT2D eigenvalue weighted by Gasteiger charge is 2.11. The molecule has 5 heteroatoms. The first kappa shape index (κ1) is 15.6. The van der Waals surface area contributed by atoms with Crippen molar-refractivity contribution in [2.75, 3.05) is 24.3 Å². The van der Waals surface area contributed by atoms with Gasteiger partial charge in [-0.2, -0.15) is 0 Å². The molecule has 0 fully saturated rings. The number of anilines is 2. The van der Waals surface area contributed by atoms with Crippen LogP contribution in [0.3, 0.4) is 0 Å². The van der Waals surface area contributed by atoms with Crippen LogP contribution in [0.1, 0.15) is 5.56 Å². The summed E-state index contributed by atoms with van der Waals surface area (Å²) in [4.78, 5) is 24.7. The molecule has 2 aromatic rings. The van der Waals surface area contributed by atoms with E-state index in [9.17, 15) is 9.59 Å². The lowest BCUT2D eigenvalue weighted by Gasteiger charge is -2.19. The summed E-state index contributed by atoms with van der Waals surface area (Å²) >= 11 is 0. The van der Waals surface area contributed by atoms with Crippen molar-refractivity contribution in [3.8, 4) is 0 Å². The van der Waals surface area contributed by atoms with E-state index in [1.165, 1.54) is 12.6 Å². The molecule has 2 N–H and O–H groups in total. The van der Waals surface area contributed by atoms with Gasteiger partial charge in [-0.15, -0.1) is 0 Å². The van der Waals surface area contributed by atoms with Gasteiger partial charge in [-0.1, -0.05) is 30.3 Å². The van der Waals surface area contributed by atoms with Crippen LogP contribution in [-0.2, 0) is 16.1 Å². The van der Waals surface area contributed by atoms with Gasteiger partial charge in [0.25, 0.3) is 0 Å². The summed E-state index contributed by atoms with van der Waals surface area (Å²) in [6, 6.07) is 17.5. The van der Waals surface area contributed by atoms with E-state index in [1.54, 1.807) is 12.1 Å². The van der Waals surface area contributed by atoms with E-state index in [0.717, 1.165) is 12.2 Å². The van der Waals surface area contributed by atoms with Gasteiger partial charge in [0.1, 0.15) is 0 Å². The Morgan fingerprint density at radius 3 is 2.18 bits per heavy atom. The first-order valence-electron chi connectivity index (χ1n) is 6.98.